The number of hydrogen-bond donors (Lipinski definition) is 2. The number of halogens is 7. The summed E-state index contributed by atoms with van der Waals surface area (Å²) < 4.78 is 84.8. The van der Waals surface area contributed by atoms with Crippen LogP contribution in [0.3, 0.4) is 0 Å². The van der Waals surface area contributed by atoms with Gasteiger partial charge in [0.05, 0.1) is 0 Å². The highest BCUT2D eigenvalue weighted by Crippen LogP contribution is 2.46. The number of carbonyl (C=O) groups is 1. The van der Waals surface area contributed by atoms with E-state index in [1.165, 1.54) is 5.32 Å². The second kappa shape index (κ2) is 5.07. The monoisotopic (exact) mass is 270 g/mol. The van der Waals surface area contributed by atoms with Crippen molar-refractivity contribution >= 4 is 5.91 Å². The Bertz CT molecular complexity index is 276. The fraction of sp³-hybridized carbons (Fsp3) is 0.857. The van der Waals surface area contributed by atoms with Crippen molar-refractivity contribution in [3.63, 3.8) is 0 Å². The molecule has 0 spiro atoms. The molecule has 0 heterocycles. The van der Waals surface area contributed by atoms with Crippen LogP contribution in [0.1, 0.15) is 6.42 Å². The van der Waals surface area contributed by atoms with Gasteiger partial charge in [-0.1, -0.05) is 0 Å². The van der Waals surface area contributed by atoms with Gasteiger partial charge in [0.2, 0.25) is 0 Å². The molecule has 0 fully saturated rings. The Morgan fingerprint density at radius 2 is 1.53 bits per heavy atom. The molecule has 0 aliphatic heterocycles. The summed E-state index contributed by atoms with van der Waals surface area (Å²) in [5, 5.41) is 1.25. The Kier molecular flexibility index (Phi) is 4.75. The van der Waals surface area contributed by atoms with Crippen molar-refractivity contribution in [1.29, 1.82) is 0 Å². The summed E-state index contributed by atoms with van der Waals surface area (Å²) in [4.78, 5) is 10.6. The van der Waals surface area contributed by atoms with Gasteiger partial charge in [0.15, 0.2) is 0 Å². The van der Waals surface area contributed by atoms with Crippen molar-refractivity contribution in [3.8, 4) is 0 Å². The fourth-order valence-corrected chi connectivity index (χ4v) is 0.736. The number of carbonyl (C=O) groups excluding carboxylic acids is 1. The Morgan fingerprint density at radius 3 is 1.88 bits per heavy atom. The first-order valence-corrected chi connectivity index (χ1v) is 4.29. The molecule has 0 atom stereocenters. The second-order valence-electron chi connectivity index (χ2n) is 3.04. The van der Waals surface area contributed by atoms with Gasteiger partial charge in [-0.15, -0.1) is 0 Å². The van der Waals surface area contributed by atoms with Gasteiger partial charge >= 0.3 is 18.0 Å². The van der Waals surface area contributed by atoms with E-state index in [0.29, 0.717) is 0 Å². The number of nitrogens with two attached hydrogens (primary N) is 1. The highest BCUT2D eigenvalue weighted by Gasteiger charge is 2.76. The zero-order chi connectivity index (χ0) is 13.9. The molecule has 0 bridgehead atoms. The van der Waals surface area contributed by atoms with Gasteiger partial charge in [-0.3, -0.25) is 4.79 Å². The predicted octanol–water partition coefficient (Wildman–Crippen LogP) is 1.28. The summed E-state index contributed by atoms with van der Waals surface area (Å²) in [5.41, 5.74) is 4.91. The van der Waals surface area contributed by atoms with Crippen LogP contribution in [0.4, 0.5) is 30.7 Å². The summed E-state index contributed by atoms with van der Waals surface area (Å²) in [6, 6.07) is 0. The third-order valence-corrected chi connectivity index (χ3v) is 1.70. The van der Waals surface area contributed by atoms with Crippen molar-refractivity contribution in [2.45, 2.75) is 24.4 Å². The summed E-state index contributed by atoms with van der Waals surface area (Å²) in [6.07, 6.45) is -6.54. The Morgan fingerprint density at radius 1 is 1.06 bits per heavy atom. The normalized spacial score (nSPS) is 13.6. The molecule has 0 aliphatic carbocycles. The highest BCUT2D eigenvalue weighted by atomic mass is 19.4. The third kappa shape index (κ3) is 3.20. The minimum Gasteiger partial charge on any atom is -0.351 e. The molecule has 0 aromatic heterocycles. The largest absolute Gasteiger partial charge is 0.460 e. The SMILES string of the molecule is NCCCNC(=O)C(F)(F)C(F)(F)C(F)(F)F. The maximum absolute atomic E-state index is 12.6. The van der Waals surface area contributed by atoms with Crippen LogP contribution in [0.5, 0.6) is 0 Å². The minimum absolute atomic E-state index is 0.0284. The number of alkyl halides is 7. The zero-order valence-corrected chi connectivity index (χ0v) is 8.25. The maximum atomic E-state index is 12.6. The van der Waals surface area contributed by atoms with Gasteiger partial charge in [-0.05, 0) is 13.0 Å². The second-order valence-corrected chi connectivity index (χ2v) is 3.04. The molecule has 0 aliphatic rings. The summed E-state index contributed by atoms with van der Waals surface area (Å²) in [7, 11) is 0. The summed E-state index contributed by atoms with van der Waals surface area (Å²) in [5.74, 6) is -15.0. The number of nitrogens with one attached hydrogen (secondary N) is 1. The van der Waals surface area contributed by atoms with Gasteiger partial charge in [0, 0.05) is 6.54 Å². The standard InChI is InChI=1S/C7H9F7N2O/c8-5(9,4(17)16-3-1-2-15)6(10,11)7(12,13)14/h1-3,15H2,(H,16,17). The Hall–Kier alpha value is -1.06. The predicted molar refractivity (Wildman–Crippen MR) is 42.6 cm³/mol. The minimum atomic E-state index is -6.51. The number of amides is 1. The lowest BCUT2D eigenvalue weighted by molar-refractivity contribution is -0.344. The quantitative estimate of drug-likeness (QED) is 0.584. The van der Waals surface area contributed by atoms with Crippen LogP contribution in [0.25, 0.3) is 0 Å². The van der Waals surface area contributed by atoms with Gasteiger partial charge in [-0.2, -0.15) is 30.7 Å². The summed E-state index contributed by atoms with van der Waals surface area (Å²) >= 11 is 0. The number of hydrogen-bond acceptors (Lipinski definition) is 2. The average Bonchev–Trinajstić information content (AvgIpc) is 2.15. The molecule has 10 heteroatoms. The van der Waals surface area contributed by atoms with E-state index in [1.54, 1.807) is 0 Å². The van der Waals surface area contributed by atoms with Gasteiger partial charge in [0.1, 0.15) is 0 Å². The van der Waals surface area contributed by atoms with Crippen molar-refractivity contribution in [3.05, 3.63) is 0 Å². The van der Waals surface area contributed by atoms with Crippen molar-refractivity contribution < 1.29 is 35.5 Å². The highest BCUT2D eigenvalue weighted by molar-refractivity contribution is 5.84. The van der Waals surface area contributed by atoms with Gasteiger partial charge in [-0.25, -0.2) is 0 Å². The molecule has 102 valence electrons. The first-order valence-electron chi connectivity index (χ1n) is 4.29. The molecule has 3 N–H and O–H groups in total. The van der Waals surface area contributed by atoms with Crippen molar-refractivity contribution in [2.75, 3.05) is 13.1 Å². The first kappa shape index (κ1) is 15.9. The topological polar surface area (TPSA) is 55.1 Å². The number of rotatable bonds is 5. The molecule has 0 rings (SSSR count). The van der Waals surface area contributed by atoms with E-state index in [0.717, 1.165) is 0 Å². The molecule has 0 unspecified atom stereocenters. The van der Waals surface area contributed by atoms with E-state index in [2.05, 4.69) is 0 Å². The van der Waals surface area contributed by atoms with Gasteiger partial charge in [0.25, 0.3) is 5.91 Å². The Labute approximate surface area is 91.1 Å². The third-order valence-electron chi connectivity index (χ3n) is 1.70. The molecule has 17 heavy (non-hydrogen) atoms. The molecular formula is C7H9F7N2O. The van der Waals surface area contributed by atoms with Crippen molar-refractivity contribution in [2.24, 2.45) is 5.73 Å². The molecule has 0 aromatic carbocycles. The molecular weight excluding hydrogens is 261 g/mol. The lowest BCUT2D eigenvalue weighted by atomic mass is 10.1. The molecule has 1 amide bonds. The van der Waals surface area contributed by atoms with Crippen LogP contribution in [-0.4, -0.2) is 37.0 Å². The molecule has 0 saturated heterocycles. The van der Waals surface area contributed by atoms with E-state index in [9.17, 15) is 35.5 Å². The van der Waals surface area contributed by atoms with Crippen LogP contribution >= 0.6 is 0 Å². The molecule has 0 saturated carbocycles. The lowest BCUT2D eigenvalue weighted by Gasteiger charge is -2.26. The van der Waals surface area contributed by atoms with Crippen LogP contribution in [0.15, 0.2) is 0 Å². The average molecular weight is 270 g/mol. The van der Waals surface area contributed by atoms with E-state index in [-0.39, 0.29) is 13.0 Å². The van der Waals surface area contributed by atoms with E-state index in [1.807, 2.05) is 0 Å². The lowest BCUT2D eigenvalue weighted by Crippen LogP contribution is -2.59. The first-order chi connectivity index (χ1) is 7.48. The van der Waals surface area contributed by atoms with Crippen LogP contribution in [-0.2, 0) is 4.79 Å². The van der Waals surface area contributed by atoms with E-state index in [4.69, 9.17) is 5.73 Å². The molecule has 0 aromatic rings. The maximum Gasteiger partial charge on any atom is 0.460 e. The Balaban J connectivity index is 4.82. The molecule has 0 radical (unpaired) electrons. The zero-order valence-electron chi connectivity index (χ0n) is 8.25. The van der Waals surface area contributed by atoms with E-state index >= 15 is 0 Å². The van der Waals surface area contributed by atoms with Crippen LogP contribution in [0.2, 0.25) is 0 Å². The van der Waals surface area contributed by atoms with Crippen LogP contribution < -0.4 is 11.1 Å². The molecule has 3 nitrogen and oxygen atoms in total. The smallest absolute Gasteiger partial charge is 0.351 e. The van der Waals surface area contributed by atoms with Crippen LogP contribution in [0, 0.1) is 0 Å². The summed E-state index contributed by atoms with van der Waals surface area (Å²) in [6.45, 7) is -0.555. The van der Waals surface area contributed by atoms with Gasteiger partial charge < -0.3 is 11.1 Å². The van der Waals surface area contributed by atoms with Crippen molar-refractivity contribution in [1.82, 2.24) is 5.32 Å². The fourth-order valence-electron chi connectivity index (χ4n) is 0.736. The van der Waals surface area contributed by atoms with E-state index < -0.39 is 30.5 Å².